The standard InChI is InChI=1S/C16H20N4O2S/c1-3-5-12(2)15-11-16(19-18-15)20-23(21,22)14-7-4-6-13(10-14)8-9-17/h4,6-7,10-12H,3,5,8H2,1-2H3,(H2,18,19,20). The number of sulfonamides is 1. The molecule has 0 saturated heterocycles. The second-order valence-corrected chi connectivity index (χ2v) is 7.17. The van der Waals surface area contributed by atoms with Gasteiger partial charge in [-0.05, 0) is 30.0 Å². The Morgan fingerprint density at radius 1 is 1.39 bits per heavy atom. The predicted molar refractivity (Wildman–Crippen MR) is 88.5 cm³/mol. The van der Waals surface area contributed by atoms with Crippen LogP contribution in [0.3, 0.4) is 0 Å². The number of benzene rings is 1. The van der Waals surface area contributed by atoms with Gasteiger partial charge in [0, 0.05) is 11.8 Å². The van der Waals surface area contributed by atoms with Crippen LogP contribution in [-0.2, 0) is 16.4 Å². The van der Waals surface area contributed by atoms with Gasteiger partial charge in [-0.3, -0.25) is 9.82 Å². The summed E-state index contributed by atoms with van der Waals surface area (Å²) in [5, 5.41) is 15.6. The monoisotopic (exact) mass is 332 g/mol. The average Bonchev–Trinajstić information content (AvgIpc) is 2.96. The Morgan fingerprint density at radius 2 is 2.17 bits per heavy atom. The van der Waals surface area contributed by atoms with Gasteiger partial charge >= 0.3 is 0 Å². The van der Waals surface area contributed by atoms with Gasteiger partial charge in [-0.2, -0.15) is 10.4 Å². The van der Waals surface area contributed by atoms with E-state index >= 15 is 0 Å². The molecule has 0 aliphatic heterocycles. The van der Waals surface area contributed by atoms with E-state index in [-0.39, 0.29) is 17.1 Å². The van der Waals surface area contributed by atoms with Crippen molar-refractivity contribution in [3.63, 3.8) is 0 Å². The van der Waals surface area contributed by atoms with E-state index in [0.29, 0.717) is 11.5 Å². The van der Waals surface area contributed by atoms with Crippen molar-refractivity contribution in [2.24, 2.45) is 0 Å². The number of rotatable bonds is 7. The van der Waals surface area contributed by atoms with Gasteiger partial charge in [0.1, 0.15) is 0 Å². The maximum absolute atomic E-state index is 12.4. The lowest BCUT2D eigenvalue weighted by Crippen LogP contribution is -2.13. The highest BCUT2D eigenvalue weighted by Crippen LogP contribution is 2.22. The second kappa shape index (κ2) is 7.29. The van der Waals surface area contributed by atoms with E-state index < -0.39 is 10.0 Å². The second-order valence-electron chi connectivity index (χ2n) is 5.49. The molecule has 0 radical (unpaired) electrons. The van der Waals surface area contributed by atoms with Crippen molar-refractivity contribution in [1.29, 1.82) is 5.26 Å². The van der Waals surface area contributed by atoms with Crippen molar-refractivity contribution in [1.82, 2.24) is 10.2 Å². The molecule has 0 aliphatic carbocycles. The van der Waals surface area contributed by atoms with Crippen LogP contribution in [-0.4, -0.2) is 18.6 Å². The molecule has 1 unspecified atom stereocenters. The fourth-order valence-corrected chi connectivity index (χ4v) is 3.40. The van der Waals surface area contributed by atoms with Crippen molar-refractivity contribution in [3.05, 3.63) is 41.6 Å². The number of aromatic amines is 1. The van der Waals surface area contributed by atoms with Crippen LogP contribution >= 0.6 is 0 Å². The van der Waals surface area contributed by atoms with Gasteiger partial charge in [-0.15, -0.1) is 0 Å². The molecule has 0 spiro atoms. The van der Waals surface area contributed by atoms with E-state index in [4.69, 9.17) is 5.26 Å². The maximum Gasteiger partial charge on any atom is 0.263 e. The first-order valence-electron chi connectivity index (χ1n) is 7.50. The van der Waals surface area contributed by atoms with Crippen LogP contribution in [0.5, 0.6) is 0 Å². The molecule has 1 heterocycles. The Kier molecular flexibility index (Phi) is 5.40. The Hall–Kier alpha value is -2.33. The van der Waals surface area contributed by atoms with Gasteiger partial charge in [-0.1, -0.05) is 32.4 Å². The minimum atomic E-state index is -3.72. The van der Waals surface area contributed by atoms with E-state index in [0.717, 1.165) is 18.5 Å². The minimum Gasteiger partial charge on any atom is -0.280 e. The number of nitrogens with zero attached hydrogens (tertiary/aromatic N) is 2. The Balaban J connectivity index is 2.18. The molecule has 0 amide bonds. The first-order valence-corrected chi connectivity index (χ1v) is 8.98. The molecule has 1 aromatic carbocycles. The summed E-state index contributed by atoms with van der Waals surface area (Å²) in [6, 6.07) is 10.1. The molecule has 2 N–H and O–H groups in total. The van der Waals surface area contributed by atoms with Gasteiger partial charge in [0.05, 0.1) is 17.4 Å². The molecule has 1 aromatic heterocycles. The van der Waals surface area contributed by atoms with Crippen LogP contribution in [0.25, 0.3) is 0 Å². The van der Waals surface area contributed by atoms with Crippen molar-refractivity contribution < 1.29 is 8.42 Å². The molecule has 23 heavy (non-hydrogen) atoms. The van der Waals surface area contributed by atoms with Gasteiger partial charge in [0.15, 0.2) is 5.82 Å². The molecule has 0 fully saturated rings. The quantitative estimate of drug-likeness (QED) is 0.813. The van der Waals surface area contributed by atoms with Gasteiger partial charge < -0.3 is 0 Å². The molecular weight excluding hydrogens is 312 g/mol. The lowest BCUT2D eigenvalue weighted by molar-refractivity contribution is 0.601. The van der Waals surface area contributed by atoms with E-state index in [1.54, 1.807) is 18.2 Å². The number of nitriles is 1. The van der Waals surface area contributed by atoms with Crippen molar-refractivity contribution in [3.8, 4) is 6.07 Å². The zero-order chi connectivity index (χ0) is 16.9. The van der Waals surface area contributed by atoms with Crippen LogP contribution in [0.2, 0.25) is 0 Å². The van der Waals surface area contributed by atoms with Crippen molar-refractivity contribution in [2.75, 3.05) is 4.72 Å². The third-order valence-electron chi connectivity index (χ3n) is 3.58. The summed E-state index contributed by atoms with van der Waals surface area (Å²) in [6.45, 7) is 4.17. The molecular formula is C16H20N4O2S. The molecule has 122 valence electrons. The molecule has 2 aromatic rings. The number of H-pyrrole nitrogens is 1. The highest BCUT2D eigenvalue weighted by Gasteiger charge is 2.17. The van der Waals surface area contributed by atoms with E-state index in [9.17, 15) is 8.42 Å². The zero-order valence-corrected chi connectivity index (χ0v) is 14.0. The average molecular weight is 332 g/mol. The number of aromatic nitrogens is 2. The third-order valence-corrected chi connectivity index (χ3v) is 4.93. The Labute approximate surface area is 136 Å². The molecule has 0 saturated carbocycles. The van der Waals surface area contributed by atoms with E-state index in [1.807, 2.05) is 6.07 Å². The van der Waals surface area contributed by atoms with Crippen LogP contribution in [0.1, 0.15) is 43.9 Å². The number of hydrogen-bond donors (Lipinski definition) is 2. The van der Waals surface area contributed by atoms with E-state index in [2.05, 4.69) is 28.8 Å². The normalized spacial score (nSPS) is 12.6. The minimum absolute atomic E-state index is 0.122. The van der Waals surface area contributed by atoms with Crippen LogP contribution in [0, 0.1) is 11.3 Å². The zero-order valence-electron chi connectivity index (χ0n) is 13.2. The number of nitrogens with one attached hydrogen (secondary N) is 2. The Bertz CT molecular complexity index is 805. The third kappa shape index (κ3) is 4.33. The van der Waals surface area contributed by atoms with Crippen LogP contribution in [0.15, 0.2) is 35.2 Å². The predicted octanol–water partition coefficient (Wildman–Crippen LogP) is 3.18. The molecule has 7 heteroatoms. The summed E-state index contributed by atoms with van der Waals surface area (Å²) in [4.78, 5) is 0.122. The molecule has 1 atom stereocenters. The summed E-state index contributed by atoms with van der Waals surface area (Å²) in [5.41, 5.74) is 1.57. The van der Waals surface area contributed by atoms with Crippen LogP contribution in [0.4, 0.5) is 5.82 Å². The fourth-order valence-electron chi connectivity index (χ4n) is 2.34. The highest BCUT2D eigenvalue weighted by atomic mass is 32.2. The van der Waals surface area contributed by atoms with Gasteiger partial charge in [0.25, 0.3) is 10.0 Å². The first kappa shape index (κ1) is 17.0. The molecule has 0 bridgehead atoms. The molecule has 6 nitrogen and oxygen atoms in total. The smallest absolute Gasteiger partial charge is 0.263 e. The maximum atomic E-state index is 12.4. The lowest BCUT2D eigenvalue weighted by atomic mass is 10.0. The molecule has 2 rings (SSSR count). The summed E-state index contributed by atoms with van der Waals surface area (Å²) >= 11 is 0. The van der Waals surface area contributed by atoms with Gasteiger partial charge in [-0.25, -0.2) is 8.42 Å². The van der Waals surface area contributed by atoms with Gasteiger partial charge in [0.2, 0.25) is 0 Å². The number of anilines is 1. The highest BCUT2D eigenvalue weighted by molar-refractivity contribution is 7.92. The SMILES string of the molecule is CCCC(C)c1cc(NS(=O)(=O)c2cccc(CC#N)c2)n[nH]1. The fraction of sp³-hybridized carbons (Fsp3) is 0.375. The summed E-state index contributed by atoms with van der Waals surface area (Å²) < 4.78 is 27.3. The Morgan fingerprint density at radius 3 is 2.87 bits per heavy atom. The van der Waals surface area contributed by atoms with E-state index in [1.165, 1.54) is 12.1 Å². The van der Waals surface area contributed by atoms with Crippen molar-refractivity contribution in [2.45, 2.75) is 43.9 Å². The summed E-state index contributed by atoms with van der Waals surface area (Å²) in [5.74, 6) is 0.568. The largest absolute Gasteiger partial charge is 0.280 e. The van der Waals surface area contributed by atoms with Crippen molar-refractivity contribution >= 4 is 15.8 Å². The van der Waals surface area contributed by atoms with Crippen LogP contribution < -0.4 is 4.72 Å². The first-order chi connectivity index (χ1) is 11.0. The topological polar surface area (TPSA) is 98.6 Å². The summed E-state index contributed by atoms with van der Waals surface area (Å²) in [7, 11) is -3.72. The number of hydrogen-bond acceptors (Lipinski definition) is 4. The molecule has 0 aliphatic rings. The summed E-state index contributed by atoms with van der Waals surface area (Å²) in [6.07, 6.45) is 2.22. The lowest BCUT2D eigenvalue weighted by Gasteiger charge is -2.07.